The Morgan fingerprint density at radius 1 is 1.37 bits per heavy atom. The van der Waals surface area contributed by atoms with Gasteiger partial charge < -0.3 is 20.5 Å². The zero-order valence-electron chi connectivity index (χ0n) is 16.2. The average molecular weight is 377 g/mol. The molecule has 0 radical (unpaired) electrons. The van der Waals surface area contributed by atoms with Gasteiger partial charge in [0.15, 0.2) is 5.96 Å². The summed E-state index contributed by atoms with van der Waals surface area (Å²) in [6.07, 6.45) is 3.14. The topological polar surface area (TPSA) is 83.7 Å². The molecule has 3 N–H and O–H groups in total. The number of aryl methyl sites for hydroxylation is 1. The van der Waals surface area contributed by atoms with E-state index in [9.17, 15) is 9.50 Å². The fourth-order valence-electron chi connectivity index (χ4n) is 2.57. The van der Waals surface area contributed by atoms with E-state index in [0.29, 0.717) is 24.6 Å². The lowest BCUT2D eigenvalue weighted by atomic mass is 10.0. The van der Waals surface area contributed by atoms with Crippen LogP contribution in [0.3, 0.4) is 0 Å². The van der Waals surface area contributed by atoms with Gasteiger partial charge in [-0.3, -0.25) is 4.68 Å². The first-order valence-corrected chi connectivity index (χ1v) is 8.87. The summed E-state index contributed by atoms with van der Waals surface area (Å²) < 4.78 is 20.2. The summed E-state index contributed by atoms with van der Waals surface area (Å²) in [5.41, 5.74) is 0.434. The van der Waals surface area contributed by atoms with E-state index in [0.717, 1.165) is 5.56 Å². The Hall–Kier alpha value is -2.45. The predicted octanol–water partition coefficient (Wildman–Crippen LogP) is 1.71. The number of guanidine groups is 1. The van der Waals surface area contributed by atoms with E-state index < -0.39 is 5.60 Å². The van der Waals surface area contributed by atoms with Crippen LogP contribution in [0.2, 0.25) is 0 Å². The van der Waals surface area contributed by atoms with E-state index in [2.05, 4.69) is 20.7 Å². The highest BCUT2D eigenvalue weighted by molar-refractivity contribution is 5.79. The Labute approximate surface area is 159 Å². The Morgan fingerprint density at radius 2 is 2.07 bits per heavy atom. The minimum absolute atomic E-state index is 0.169. The summed E-state index contributed by atoms with van der Waals surface area (Å²) in [5.74, 6) is 0.278. The van der Waals surface area contributed by atoms with Gasteiger partial charge in [0.25, 0.3) is 0 Å². The van der Waals surface area contributed by atoms with Gasteiger partial charge in [0.2, 0.25) is 0 Å². The van der Waals surface area contributed by atoms with E-state index in [-0.39, 0.29) is 18.5 Å². The Bertz CT molecular complexity index is 743. The molecule has 2 rings (SSSR count). The maximum absolute atomic E-state index is 13.1. The van der Waals surface area contributed by atoms with E-state index in [1.165, 1.54) is 12.1 Å². The zero-order chi connectivity index (χ0) is 19.9. The number of aliphatic imine (C=N–C) groups is 1. The van der Waals surface area contributed by atoms with Crippen molar-refractivity contribution in [3.05, 3.63) is 53.6 Å². The highest BCUT2D eigenvalue weighted by Gasteiger charge is 2.24. The lowest BCUT2D eigenvalue weighted by molar-refractivity contribution is 0.0671. The number of benzene rings is 1. The van der Waals surface area contributed by atoms with Gasteiger partial charge in [-0.15, -0.1) is 0 Å². The summed E-state index contributed by atoms with van der Waals surface area (Å²) in [5, 5.41) is 21.1. The van der Waals surface area contributed by atoms with Crippen molar-refractivity contribution in [2.75, 3.05) is 26.7 Å². The number of ether oxygens (including phenoxy) is 1. The minimum atomic E-state index is -1.13. The maximum Gasteiger partial charge on any atom is 0.191 e. The number of rotatable bonds is 8. The maximum atomic E-state index is 13.1. The van der Waals surface area contributed by atoms with Crippen LogP contribution < -0.4 is 10.6 Å². The molecular formula is C19H28FN5O2. The highest BCUT2D eigenvalue weighted by Crippen LogP contribution is 2.20. The third-order valence-corrected chi connectivity index (χ3v) is 4.20. The standard InChI is InChI=1S/C19H28FN5O2/c1-5-21-18(23-13-19(2,26)15-10-24-25(3)12-15)22-11-17(27-4)14-6-8-16(20)9-7-14/h6-10,12,17,26H,5,11,13H2,1-4H3,(H2,21,22,23). The van der Waals surface area contributed by atoms with Crippen LogP contribution in [-0.4, -0.2) is 47.6 Å². The van der Waals surface area contributed by atoms with E-state index in [1.54, 1.807) is 50.3 Å². The largest absolute Gasteiger partial charge is 0.383 e. The van der Waals surface area contributed by atoms with Crippen molar-refractivity contribution in [3.63, 3.8) is 0 Å². The second-order valence-corrected chi connectivity index (χ2v) is 6.53. The SMILES string of the molecule is CCNC(=NCC(C)(O)c1cnn(C)c1)NCC(OC)c1ccc(F)cc1. The van der Waals surface area contributed by atoms with Crippen molar-refractivity contribution in [2.24, 2.45) is 12.0 Å². The van der Waals surface area contributed by atoms with E-state index >= 15 is 0 Å². The number of nitrogens with one attached hydrogen (secondary N) is 2. The molecule has 1 heterocycles. The summed E-state index contributed by atoms with van der Waals surface area (Å²) in [6.45, 7) is 4.96. The molecule has 0 amide bonds. The molecule has 7 nitrogen and oxygen atoms in total. The minimum Gasteiger partial charge on any atom is -0.383 e. The van der Waals surface area contributed by atoms with Gasteiger partial charge in [-0.25, -0.2) is 9.38 Å². The fraction of sp³-hybridized carbons (Fsp3) is 0.474. The molecule has 0 aliphatic carbocycles. The number of aliphatic hydroxyl groups is 1. The molecule has 1 aromatic carbocycles. The van der Waals surface area contributed by atoms with E-state index in [1.807, 2.05) is 6.92 Å². The monoisotopic (exact) mass is 377 g/mol. The number of nitrogens with zero attached hydrogens (tertiary/aromatic N) is 3. The van der Waals surface area contributed by atoms with Crippen LogP contribution >= 0.6 is 0 Å². The van der Waals surface area contributed by atoms with Crippen molar-refractivity contribution in [2.45, 2.75) is 25.6 Å². The van der Waals surface area contributed by atoms with Gasteiger partial charge in [0.1, 0.15) is 11.4 Å². The number of halogens is 1. The molecule has 2 unspecified atom stereocenters. The van der Waals surface area contributed by atoms with Crippen LogP contribution in [0.15, 0.2) is 41.7 Å². The Balaban J connectivity index is 2.02. The van der Waals surface area contributed by atoms with Gasteiger partial charge in [-0.05, 0) is 31.5 Å². The molecule has 0 aliphatic rings. The van der Waals surface area contributed by atoms with Gasteiger partial charge in [0.05, 0.1) is 18.8 Å². The van der Waals surface area contributed by atoms with Crippen LogP contribution in [0, 0.1) is 5.82 Å². The molecule has 148 valence electrons. The third-order valence-electron chi connectivity index (χ3n) is 4.20. The summed E-state index contributed by atoms with van der Waals surface area (Å²) in [4.78, 5) is 4.48. The molecule has 0 fully saturated rings. The third kappa shape index (κ3) is 6.04. The molecule has 2 atom stereocenters. The summed E-state index contributed by atoms with van der Waals surface area (Å²) >= 11 is 0. The van der Waals surface area contributed by atoms with Gasteiger partial charge >= 0.3 is 0 Å². The number of hydrogen-bond acceptors (Lipinski definition) is 4. The Kier molecular flexibility index (Phi) is 7.32. The molecule has 1 aromatic heterocycles. The smallest absolute Gasteiger partial charge is 0.191 e. The van der Waals surface area contributed by atoms with Crippen LogP contribution in [0.25, 0.3) is 0 Å². The number of methoxy groups -OCH3 is 1. The molecule has 0 saturated carbocycles. The van der Waals surface area contributed by atoms with Crippen LogP contribution in [-0.2, 0) is 17.4 Å². The molecule has 0 bridgehead atoms. The zero-order valence-corrected chi connectivity index (χ0v) is 16.2. The lowest BCUT2D eigenvalue weighted by Crippen LogP contribution is -2.40. The molecule has 0 saturated heterocycles. The Morgan fingerprint density at radius 3 is 2.63 bits per heavy atom. The summed E-state index contributed by atoms with van der Waals surface area (Å²) in [7, 11) is 3.40. The first-order valence-electron chi connectivity index (χ1n) is 8.87. The van der Waals surface area contributed by atoms with Crippen molar-refractivity contribution >= 4 is 5.96 Å². The van der Waals surface area contributed by atoms with Gasteiger partial charge in [-0.1, -0.05) is 12.1 Å². The second kappa shape index (κ2) is 9.48. The van der Waals surface area contributed by atoms with Crippen molar-refractivity contribution < 1.29 is 14.2 Å². The van der Waals surface area contributed by atoms with E-state index in [4.69, 9.17) is 4.74 Å². The number of hydrogen-bond donors (Lipinski definition) is 3. The quantitative estimate of drug-likeness (QED) is 0.482. The molecule has 0 aliphatic heterocycles. The predicted molar refractivity (Wildman–Crippen MR) is 103 cm³/mol. The van der Waals surface area contributed by atoms with Crippen molar-refractivity contribution in [3.8, 4) is 0 Å². The van der Waals surface area contributed by atoms with Crippen LogP contribution in [0.4, 0.5) is 4.39 Å². The number of aromatic nitrogens is 2. The first-order chi connectivity index (χ1) is 12.9. The first kappa shape index (κ1) is 20.9. The van der Waals surface area contributed by atoms with Gasteiger partial charge in [0, 0.05) is 39.0 Å². The lowest BCUT2D eigenvalue weighted by Gasteiger charge is -2.22. The normalized spacial score (nSPS) is 15.3. The van der Waals surface area contributed by atoms with Crippen molar-refractivity contribution in [1.82, 2.24) is 20.4 Å². The molecule has 2 aromatic rings. The van der Waals surface area contributed by atoms with Crippen LogP contribution in [0.5, 0.6) is 0 Å². The summed E-state index contributed by atoms with van der Waals surface area (Å²) in [6, 6.07) is 6.21. The molecular weight excluding hydrogens is 349 g/mol. The van der Waals surface area contributed by atoms with Crippen LogP contribution in [0.1, 0.15) is 31.1 Å². The average Bonchev–Trinajstić information content (AvgIpc) is 3.09. The van der Waals surface area contributed by atoms with Gasteiger partial charge in [-0.2, -0.15) is 5.10 Å². The highest BCUT2D eigenvalue weighted by atomic mass is 19.1. The second-order valence-electron chi connectivity index (χ2n) is 6.53. The fourth-order valence-corrected chi connectivity index (χ4v) is 2.57. The molecule has 8 heteroatoms. The van der Waals surface area contributed by atoms with Crippen molar-refractivity contribution in [1.29, 1.82) is 0 Å². The molecule has 27 heavy (non-hydrogen) atoms. The molecule has 0 spiro atoms.